The number of nitrogens with zero attached hydrogens (tertiary/aromatic N) is 1. The Morgan fingerprint density at radius 3 is 2.94 bits per heavy atom. The van der Waals surface area contributed by atoms with Crippen molar-refractivity contribution in [3.05, 3.63) is 12.7 Å². The van der Waals surface area contributed by atoms with Crippen LogP contribution >= 0.6 is 0 Å². The van der Waals surface area contributed by atoms with Gasteiger partial charge in [0.05, 0.1) is 0 Å². The smallest absolute Gasteiger partial charge is 0.221 e. The quantitative estimate of drug-likeness (QED) is 0.739. The summed E-state index contributed by atoms with van der Waals surface area (Å²) in [7, 11) is 0. The Bertz CT molecular complexity index is 261. The highest BCUT2D eigenvalue weighted by Crippen LogP contribution is 2.23. The minimum Gasteiger partial charge on any atom is -0.355 e. The first kappa shape index (κ1) is 13.2. The third-order valence-electron chi connectivity index (χ3n) is 3.17. The molecular formula is C13H24N2O. The zero-order valence-electron chi connectivity index (χ0n) is 10.8. The van der Waals surface area contributed by atoms with Crippen LogP contribution in [0.4, 0.5) is 0 Å². The summed E-state index contributed by atoms with van der Waals surface area (Å²) in [5, 5.41) is 2.94. The van der Waals surface area contributed by atoms with Gasteiger partial charge in [-0.2, -0.15) is 0 Å². The van der Waals surface area contributed by atoms with Crippen LogP contribution in [0.15, 0.2) is 12.7 Å². The van der Waals surface area contributed by atoms with E-state index in [0.717, 1.165) is 26.1 Å². The van der Waals surface area contributed by atoms with Crippen LogP contribution in [0.3, 0.4) is 0 Å². The van der Waals surface area contributed by atoms with Gasteiger partial charge in [0.25, 0.3) is 0 Å². The van der Waals surface area contributed by atoms with E-state index >= 15 is 0 Å². The molecule has 92 valence electrons. The van der Waals surface area contributed by atoms with Crippen molar-refractivity contribution in [2.24, 2.45) is 5.41 Å². The fraction of sp³-hybridized carbons (Fsp3) is 0.769. The van der Waals surface area contributed by atoms with E-state index in [0.29, 0.717) is 12.5 Å². The molecule has 1 rings (SSSR count). The van der Waals surface area contributed by atoms with Gasteiger partial charge >= 0.3 is 0 Å². The molecule has 1 aliphatic heterocycles. The minimum atomic E-state index is 0.177. The monoisotopic (exact) mass is 224 g/mol. The lowest BCUT2D eigenvalue weighted by molar-refractivity contribution is -0.120. The molecule has 0 spiro atoms. The Morgan fingerprint density at radius 1 is 1.62 bits per heavy atom. The SMILES string of the molecule is C=CCC(C)(C)CN1CCC(=O)NC[C@@H]1C. The summed E-state index contributed by atoms with van der Waals surface area (Å²) >= 11 is 0. The molecule has 1 atom stereocenters. The molecule has 3 heteroatoms. The lowest BCUT2D eigenvalue weighted by atomic mass is 9.88. The van der Waals surface area contributed by atoms with Crippen molar-refractivity contribution in [1.29, 1.82) is 0 Å². The first-order chi connectivity index (χ1) is 7.44. The maximum atomic E-state index is 11.3. The van der Waals surface area contributed by atoms with Crippen LogP contribution in [0, 0.1) is 5.41 Å². The largest absolute Gasteiger partial charge is 0.355 e. The van der Waals surface area contributed by atoms with Gasteiger partial charge in [-0.3, -0.25) is 9.69 Å². The lowest BCUT2D eigenvalue weighted by Crippen LogP contribution is -2.42. The maximum absolute atomic E-state index is 11.3. The molecule has 0 saturated carbocycles. The first-order valence-electron chi connectivity index (χ1n) is 6.06. The molecule has 0 radical (unpaired) electrons. The van der Waals surface area contributed by atoms with Gasteiger partial charge in [-0.05, 0) is 18.8 Å². The van der Waals surface area contributed by atoms with E-state index in [-0.39, 0.29) is 11.3 Å². The molecule has 3 nitrogen and oxygen atoms in total. The van der Waals surface area contributed by atoms with Crippen molar-refractivity contribution >= 4 is 5.91 Å². The summed E-state index contributed by atoms with van der Waals surface area (Å²) in [5.74, 6) is 0.177. The van der Waals surface area contributed by atoms with E-state index in [9.17, 15) is 4.79 Å². The molecular weight excluding hydrogens is 200 g/mol. The summed E-state index contributed by atoms with van der Waals surface area (Å²) in [6.07, 6.45) is 3.61. The fourth-order valence-corrected chi connectivity index (χ4v) is 2.18. The number of nitrogens with one attached hydrogen (secondary N) is 1. The molecule has 0 bridgehead atoms. The Kier molecular flexibility index (Phi) is 4.54. The molecule has 1 amide bonds. The number of amides is 1. The normalized spacial score (nSPS) is 23.7. The van der Waals surface area contributed by atoms with Crippen molar-refractivity contribution in [2.75, 3.05) is 19.6 Å². The molecule has 0 unspecified atom stereocenters. The molecule has 1 fully saturated rings. The second-order valence-electron chi connectivity index (χ2n) is 5.53. The van der Waals surface area contributed by atoms with Gasteiger partial charge in [0.2, 0.25) is 5.91 Å². The fourth-order valence-electron chi connectivity index (χ4n) is 2.18. The predicted molar refractivity (Wildman–Crippen MR) is 67.3 cm³/mol. The minimum absolute atomic E-state index is 0.177. The van der Waals surface area contributed by atoms with Gasteiger partial charge < -0.3 is 5.32 Å². The molecule has 0 aromatic carbocycles. The zero-order chi connectivity index (χ0) is 12.2. The average molecular weight is 224 g/mol. The van der Waals surface area contributed by atoms with E-state index in [1.54, 1.807) is 0 Å². The van der Waals surface area contributed by atoms with Crippen LogP contribution in [-0.2, 0) is 4.79 Å². The predicted octanol–water partition coefficient (Wildman–Crippen LogP) is 1.80. The molecule has 1 N–H and O–H groups in total. The van der Waals surface area contributed by atoms with Crippen molar-refractivity contribution in [1.82, 2.24) is 10.2 Å². The zero-order valence-corrected chi connectivity index (χ0v) is 10.8. The highest BCUT2D eigenvalue weighted by Gasteiger charge is 2.26. The third kappa shape index (κ3) is 3.97. The molecule has 1 aliphatic rings. The Hall–Kier alpha value is -0.830. The van der Waals surface area contributed by atoms with Crippen LogP contribution < -0.4 is 5.32 Å². The van der Waals surface area contributed by atoms with Crippen molar-refractivity contribution < 1.29 is 4.79 Å². The molecule has 1 heterocycles. The number of rotatable bonds is 4. The van der Waals surface area contributed by atoms with E-state index < -0.39 is 0 Å². The first-order valence-corrected chi connectivity index (χ1v) is 6.06. The summed E-state index contributed by atoms with van der Waals surface area (Å²) in [6.45, 7) is 13.1. The van der Waals surface area contributed by atoms with Crippen molar-refractivity contribution in [3.8, 4) is 0 Å². The Balaban J connectivity index is 2.57. The van der Waals surface area contributed by atoms with Crippen LogP contribution in [0.1, 0.15) is 33.6 Å². The highest BCUT2D eigenvalue weighted by atomic mass is 16.1. The summed E-state index contributed by atoms with van der Waals surface area (Å²) in [4.78, 5) is 13.7. The molecule has 1 saturated heterocycles. The van der Waals surface area contributed by atoms with E-state index in [2.05, 4.69) is 37.6 Å². The summed E-state index contributed by atoms with van der Waals surface area (Å²) in [6, 6.07) is 0.426. The van der Waals surface area contributed by atoms with Gasteiger partial charge in [0, 0.05) is 32.1 Å². The van der Waals surface area contributed by atoms with Crippen LogP contribution in [0.2, 0.25) is 0 Å². The standard InChI is InChI=1S/C13H24N2O/c1-5-7-13(3,4)10-15-8-6-12(16)14-9-11(15)2/h5,11H,1,6-10H2,2-4H3,(H,14,16)/t11-/m0/s1. The molecule has 0 aromatic rings. The van der Waals surface area contributed by atoms with Gasteiger partial charge in [-0.15, -0.1) is 6.58 Å². The second kappa shape index (κ2) is 5.48. The number of allylic oxidation sites excluding steroid dienone is 1. The van der Waals surface area contributed by atoms with Gasteiger partial charge in [0.15, 0.2) is 0 Å². The second-order valence-corrected chi connectivity index (χ2v) is 5.53. The lowest BCUT2D eigenvalue weighted by Gasteiger charge is -2.34. The summed E-state index contributed by atoms with van der Waals surface area (Å²) < 4.78 is 0. The number of carbonyl (C=O) groups is 1. The summed E-state index contributed by atoms with van der Waals surface area (Å²) in [5.41, 5.74) is 0.239. The molecule has 0 aromatic heterocycles. The molecule has 16 heavy (non-hydrogen) atoms. The van der Waals surface area contributed by atoms with Crippen LogP contribution in [0.25, 0.3) is 0 Å². The Morgan fingerprint density at radius 2 is 2.31 bits per heavy atom. The number of hydrogen-bond acceptors (Lipinski definition) is 2. The van der Waals surface area contributed by atoms with Crippen LogP contribution in [0.5, 0.6) is 0 Å². The van der Waals surface area contributed by atoms with Gasteiger partial charge in [-0.1, -0.05) is 19.9 Å². The van der Waals surface area contributed by atoms with E-state index in [1.165, 1.54) is 0 Å². The average Bonchev–Trinajstić information content (AvgIpc) is 2.33. The number of carbonyl (C=O) groups excluding carboxylic acids is 1. The van der Waals surface area contributed by atoms with Gasteiger partial charge in [-0.25, -0.2) is 0 Å². The molecule has 0 aliphatic carbocycles. The van der Waals surface area contributed by atoms with Crippen molar-refractivity contribution in [2.45, 2.75) is 39.7 Å². The topological polar surface area (TPSA) is 32.3 Å². The van der Waals surface area contributed by atoms with Gasteiger partial charge in [0.1, 0.15) is 0 Å². The van der Waals surface area contributed by atoms with Crippen LogP contribution in [-0.4, -0.2) is 36.5 Å². The Labute approximate surface area is 98.9 Å². The van der Waals surface area contributed by atoms with E-state index in [1.807, 2.05) is 6.08 Å². The maximum Gasteiger partial charge on any atom is 0.221 e. The highest BCUT2D eigenvalue weighted by molar-refractivity contribution is 5.76. The van der Waals surface area contributed by atoms with Crippen molar-refractivity contribution in [3.63, 3.8) is 0 Å². The van der Waals surface area contributed by atoms with E-state index in [4.69, 9.17) is 0 Å². The number of hydrogen-bond donors (Lipinski definition) is 1. The third-order valence-corrected chi connectivity index (χ3v) is 3.17.